The number of aliphatic imine (C=N–C) groups is 1. The van der Waals surface area contributed by atoms with Gasteiger partial charge in [0.15, 0.2) is 17.3 Å². The van der Waals surface area contributed by atoms with Crippen LogP contribution in [0.15, 0.2) is 32.9 Å². The molecule has 30 heavy (non-hydrogen) atoms. The highest BCUT2D eigenvalue weighted by atomic mass is 79.9. The van der Waals surface area contributed by atoms with Crippen LogP contribution in [-0.4, -0.2) is 35.8 Å². The number of benzene rings is 1. The lowest BCUT2D eigenvalue weighted by Gasteiger charge is -2.34. The largest absolute Gasteiger partial charge is 0.503 e. The molecule has 0 saturated carbocycles. The van der Waals surface area contributed by atoms with Crippen LogP contribution in [0.5, 0.6) is 11.5 Å². The Balaban J connectivity index is 2.12. The Morgan fingerprint density at radius 3 is 2.77 bits per heavy atom. The summed E-state index contributed by atoms with van der Waals surface area (Å²) in [4.78, 5) is 30.7. The molecule has 0 radical (unpaired) electrons. The average Bonchev–Trinajstić information content (AvgIpc) is 2.70. The molecule has 1 N–H and O–H groups in total. The Bertz CT molecular complexity index is 905. The quantitative estimate of drug-likeness (QED) is 0.437. The molecule has 0 saturated heterocycles. The number of esters is 1. The minimum Gasteiger partial charge on any atom is -0.503 e. The van der Waals surface area contributed by atoms with Crippen LogP contribution in [0.3, 0.4) is 0 Å². The first kappa shape index (κ1) is 22.5. The van der Waals surface area contributed by atoms with Crippen LogP contribution in [0.4, 0.5) is 0 Å². The van der Waals surface area contributed by atoms with Gasteiger partial charge in [-0.25, -0.2) is 0 Å². The molecule has 1 aromatic rings. The molecular formula is C23H28BrNO5. The molecule has 0 fully saturated rings. The second-order valence-electron chi connectivity index (χ2n) is 7.65. The lowest BCUT2D eigenvalue weighted by molar-refractivity contribution is -0.146. The normalized spacial score (nSPS) is 21.2. The maximum Gasteiger partial charge on any atom is 0.315 e. The molecule has 0 spiro atoms. The molecule has 0 bridgehead atoms. The second kappa shape index (κ2) is 9.77. The van der Waals surface area contributed by atoms with Crippen LogP contribution >= 0.6 is 15.9 Å². The molecule has 0 aromatic heterocycles. The van der Waals surface area contributed by atoms with E-state index in [1.165, 1.54) is 0 Å². The van der Waals surface area contributed by atoms with E-state index in [0.717, 1.165) is 30.5 Å². The molecule has 2 aliphatic rings. The fraction of sp³-hybridized carbons (Fsp3) is 0.522. The van der Waals surface area contributed by atoms with E-state index in [0.29, 0.717) is 47.6 Å². The minimum atomic E-state index is -0.687. The van der Waals surface area contributed by atoms with Gasteiger partial charge in [0.1, 0.15) is 5.92 Å². The number of Topliss-reactive ketones (excluding diaryl/α,β-unsaturated/α-hetero) is 1. The number of rotatable bonds is 7. The van der Waals surface area contributed by atoms with Crippen molar-refractivity contribution in [2.45, 2.75) is 58.8 Å². The number of phenols is 1. The first-order chi connectivity index (χ1) is 14.4. The predicted octanol–water partition coefficient (Wildman–Crippen LogP) is 5.08. The molecule has 1 heterocycles. The summed E-state index contributed by atoms with van der Waals surface area (Å²) in [6.45, 7) is 6.40. The van der Waals surface area contributed by atoms with Gasteiger partial charge in [-0.05, 0) is 66.7 Å². The number of allylic oxidation sites excluding steroid dienone is 2. The molecule has 1 unspecified atom stereocenters. The first-order valence-electron chi connectivity index (χ1n) is 10.5. The zero-order valence-corrected chi connectivity index (χ0v) is 19.3. The van der Waals surface area contributed by atoms with Crippen molar-refractivity contribution in [3.8, 4) is 11.5 Å². The fourth-order valence-electron chi connectivity index (χ4n) is 4.12. The van der Waals surface area contributed by atoms with Crippen molar-refractivity contribution in [3.05, 3.63) is 33.4 Å². The van der Waals surface area contributed by atoms with Crippen LogP contribution in [0.25, 0.3) is 0 Å². The first-order valence-corrected chi connectivity index (χ1v) is 11.3. The van der Waals surface area contributed by atoms with Gasteiger partial charge in [0.2, 0.25) is 0 Å². The van der Waals surface area contributed by atoms with Crippen molar-refractivity contribution >= 4 is 33.4 Å². The number of hydrogen-bond acceptors (Lipinski definition) is 6. The molecule has 162 valence electrons. The maximum atomic E-state index is 13.1. The molecule has 1 aliphatic heterocycles. The molecule has 7 heteroatoms. The van der Waals surface area contributed by atoms with Crippen LogP contribution in [0, 0.1) is 5.92 Å². The van der Waals surface area contributed by atoms with Crippen LogP contribution < -0.4 is 4.74 Å². The standard InChI is InChI=1S/C23H28BrNO5/c1-4-6-10-30-23(28)19-13(3)25-16-8-7-9-17(26)21(16)20(19)14-11-15(24)22(27)18(12-14)29-5-2/h11-12,19-20,27H,4-10H2,1-3H3/t19?,20-/m0/s1. The monoisotopic (exact) mass is 477 g/mol. The molecule has 1 aromatic carbocycles. The maximum absolute atomic E-state index is 13.1. The van der Waals surface area contributed by atoms with Crippen LogP contribution in [-0.2, 0) is 14.3 Å². The topological polar surface area (TPSA) is 85.2 Å². The molecule has 3 rings (SSSR count). The van der Waals surface area contributed by atoms with Gasteiger partial charge in [-0.3, -0.25) is 14.6 Å². The summed E-state index contributed by atoms with van der Waals surface area (Å²) < 4.78 is 11.6. The number of carbonyl (C=O) groups is 2. The summed E-state index contributed by atoms with van der Waals surface area (Å²) in [6, 6.07) is 3.46. The third-order valence-corrected chi connectivity index (χ3v) is 6.14. The highest BCUT2D eigenvalue weighted by Crippen LogP contribution is 2.47. The van der Waals surface area contributed by atoms with Gasteiger partial charge in [-0.1, -0.05) is 13.3 Å². The number of unbranched alkanes of at least 4 members (excludes halogenated alkanes) is 1. The summed E-state index contributed by atoms with van der Waals surface area (Å²) in [5, 5.41) is 10.3. The van der Waals surface area contributed by atoms with E-state index in [9.17, 15) is 14.7 Å². The molecule has 2 atom stereocenters. The zero-order valence-electron chi connectivity index (χ0n) is 17.7. The number of ether oxygens (including phenoxy) is 2. The Kier molecular flexibility index (Phi) is 7.34. The number of hydrogen-bond donors (Lipinski definition) is 1. The number of carbonyl (C=O) groups excluding carboxylic acids is 2. The van der Waals surface area contributed by atoms with Gasteiger partial charge in [-0.2, -0.15) is 0 Å². The number of halogens is 1. The Morgan fingerprint density at radius 1 is 1.30 bits per heavy atom. The van der Waals surface area contributed by atoms with Crippen LogP contribution in [0.2, 0.25) is 0 Å². The molecule has 0 amide bonds. The number of nitrogens with zero attached hydrogens (tertiary/aromatic N) is 1. The minimum absolute atomic E-state index is 0.00644. The lowest BCUT2D eigenvalue weighted by Crippen LogP contribution is -2.37. The third-order valence-electron chi connectivity index (χ3n) is 5.54. The van der Waals surface area contributed by atoms with Crippen molar-refractivity contribution < 1.29 is 24.2 Å². The summed E-state index contributed by atoms with van der Waals surface area (Å²) in [5.74, 6) is -1.25. The van der Waals surface area contributed by atoms with E-state index in [1.807, 2.05) is 20.8 Å². The molecular weight excluding hydrogens is 450 g/mol. The van der Waals surface area contributed by atoms with E-state index < -0.39 is 11.8 Å². The molecule has 1 aliphatic carbocycles. The highest BCUT2D eigenvalue weighted by molar-refractivity contribution is 9.10. The van der Waals surface area contributed by atoms with Gasteiger partial charge in [0.05, 0.1) is 17.7 Å². The zero-order chi connectivity index (χ0) is 21.8. The van der Waals surface area contributed by atoms with Gasteiger partial charge >= 0.3 is 5.97 Å². The second-order valence-corrected chi connectivity index (χ2v) is 8.50. The average molecular weight is 478 g/mol. The van der Waals surface area contributed by atoms with E-state index >= 15 is 0 Å². The summed E-state index contributed by atoms with van der Waals surface area (Å²) in [6.07, 6.45) is 3.62. The van der Waals surface area contributed by atoms with Crippen molar-refractivity contribution in [3.63, 3.8) is 0 Å². The van der Waals surface area contributed by atoms with Crippen molar-refractivity contribution in [1.82, 2.24) is 0 Å². The van der Waals surface area contributed by atoms with Gasteiger partial charge < -0.3 is 14.6 Å². The fourth-order valence-corrected chi connectivity index (χ4v) is 4.58. The Hall–Kier alpha value is -2.15. The summed E-state index contributed by atoms with van der Waals surface area (Å²) in [7, 11) is 0. The van der Waals surface area contributed by atoms with E-state index in [-0.39, 0.29) is 17.5 Å². The predicted molar refractivity (Wildman–Crippen MR) is 118 cm³/mol. The summed E-state index contributed by atoms with van der Waals surface area (Å²) >= 11 is 3.38. The smallest absolute Gasteiger partial charge is 0.315 e. The SMILES string of the molecule is CCCCOC(=O)C1C(C)=NC2=C(C(=O)CCC2)[C@H]1c1cc(Br)c(O)c(OCC)c1. The third kappa shape index (κ3) is 4.46. The number of ketones is 1. The van der Waals surface area contributed by atoms with Crippen LogP contribution in [0.1, 0.15) is 64.4 Å². The summed E-state index contributed by atoms with van der Waals surface area (Å²) in [5.41, 5.74) is 2.72. The van der Waals surface area contributed by atoms with Crippen molar-refractivity contribution in [1.29, 1.82) is 0 Å². The van der Waals surface area contributed by atoms with Gasteiger partial charge in [0.25, 0.3) is 0 Å². The Morgan fingerprint density at radius 2 is 2.07 bits per heavy atom. The lowest BCUT2D eigenvalue weighted by atomic mass is 9.71. The molecule has 6 nitrogen and oxygen atoms in total. The van der Waals surface area contributed by atoms with Gasteiger partial charge in [0, 0.05) is 29.3 Å². The van der Waals surface area contributed by atoms with Crippen molar-refractivity contribution in [2.75, 3.05) is 13.2 Å². The Labute approximate surface area is 185 Å². The van der Waals surface area contributed by atoms with Crippen molar-refractivity contribution in [2.24, 2.45) is 10.9 Å². The van der Waals surface area contributed by atoms with E-state index in [1.54, 1.807) is 12.1 Å². The van der Waals surface area contributed by atoms with Gasteiger partial charge in [-0.15, -0.1) is 0 Å². The van der Waals surface area contributed by atoms with E-state index in [4.69, 9.17) is 9.47 Å². The van der Waals surface area contributed by atoms with E-state index in [2.05, 4.69) is 20.9 Å². The number of phenolic OH excluding ortho intramolecular Hbond substituents is 1. The number of aromatic hydroxyl groups is 1. The highest BCUT2D eigenvalue weighted by Gasteiger charge is 2.43.